The van der Waals surface area contributed by atoms with Crippen LogP contribution in [0.2, 0.25) is 5.02 Å². The summed E-state index contributed by atoms with van der Waals surface area (Å²) < 4.78 is 1.70. The fourth-order valence-electron chi connectivity index (χ4n) is 3.06. The molecular weight excluding hydrogens is 424 g/mol. The maximum atomic E-state index is 9.63. The second-order valence-electron chi connectivity index (χ2n) is 6.56. The van der Waals surface area contributed by atoms with Gasteiger partial charge in [-0.05, 0) is 30.3 Å². The molecule has 0 atom stereocenters. The van der Waals surface area contributed by atoms with Crippen LogP contribution in [0, 0.1) is 0 Å². The number of anilines is 2. The van der Waals surface area contributed by atoms with Crippen molar-refractivity contribution in [2.24, 2.45) is 7.05 Å². The van der Waals surface area contributed by atoms with Crippen molar-refractivity contribution >= 4 is 44.7 Å². The van der Waals surface area contributed by atoms with E-state index in [2.05, 4.69) is 35.8 Å². The molecule has 5 rings (SSSR count). The number of aromatic amines is 1. The van der Waals surface area contributed by atoms with Gasteiger partial charge >= 0.3 is 0 Å². The van der Waals surface area contributed by atoms with Crippen LogP contribution in [0.3, 0.4) is 0 Å². The highest BCUT2D eigenvalue weighted by Gasteiger charge is 2.14. The van der Waals surface area contributed by atoms with E-state index in [0.717, 1.165) is 22.2 Å². The number of aliphatic hydroxyl groups is 1. The largest absolute Gasteiger partial charge is 0.390 e. The molecule has 0 amide bonds. The first-order valence-corrected chi connectivity index (χ1v) is 10.1. The van der Waals surface area contributed by atoms with Gasteiger partial charge in [-0.15, -0.1) is 10.2 Å². The maximum absolute atomic E-state index is 9.63. The molecule has 0 saturated carbocycles. The summed E-state index contributed by atoms with van der Waals surface area (Å²) in [7, 11) is 1.84. The molecule has 0 fully saturated rings. The number of aryl methyl sites for hydroxylation is 1. The third kappa shape index (κ3) is 3.41. The zero-order chi connectivity index (χ0) is 20.7. The molecule has 0 radical (unpaired) electrons. The molecule has 9 nitrogen and oxygen atoms in total. The van der Waals surface area contributed by atoms with E-state index in [9.17, 15) is 5.11 Å². The Hall–Kier alpha value is -3.34. The number of nitrogens with one attached hydrogen (secondary N) is 2. The average molecular weight is 439 g/mol. The van der Waals surface area contributed by atoms with Crippen LogP contribution >= 0.6 is 22.9 Å². The number of aliphatic hydroxyl groups excluding tert-OH is 1. The molecule has 0 saturated heterocycles. The third-order valence-corrected chi connectivity index (χ3v) is 5.78. The zero-order valence-electron chi connectivity index (χ0n) is 15.7. The Morgan fingerprint density at radius 2 is 2.10 bits per heavy atom. The topological polar surface area (TPSA) is 117 Å². The highest BCUT2D eigenvalue weighted by Crippen LogP contribution is 2.35. The number of rotatable bonds is 5. The minimum absolute atomic E-state index is 0.183. The van der Waals surface area contributed by atoms with Crippen LogP contribution in [0.25, 0.3) is 32.9 Å². The van der Waals surface area contributed by atoms with Crippen LogP contribution in [0.5, 0.6) is 0 Å². The summed E-state index contributed by atoms with van der Waals surface area (Å²) in [5.74, 6) is 0. The van der Waals surface area contributed by atoms with Gasteiger partial charge in [-0.25, -0.2) is 4.98 Å². The van der Waals surface area contributed by atoms with Crippen molar-refractivity contribution in [3.63, 3.8) is 0 Å². The standard InChI is InChI=1S/C19H15ClN8OS/c1-28-5-4-14(27-28)16-7-10(6-11(9-29)22-16)18-25-26-19(30-18)23-15-3-2-13-12(17(15)20)8-21-24-13/h2-8,29H,9H2,1H3,(H,21,24)(H,23,26). The lowest BCUT2D eigenvalue weighted by Gasteiger charge is -2.05. The van der Waals surface area contributed by atoms with Gasteiger partial charge in [-0.1, -0.05) is 22.9 Å². The van der Waals surface area contributed by atoms with E-state index in [1.807, 2.05) is 37.5 Å². The smallest absolute Gasteiger partial charge is 0.210 e. The number of hydrogen-bond donors (Lipinski definition) is 3. The second-order valence-corrected chi connectivity index (χ2v) is 7.92. The summed E-state index contributed by atoms with van der Waals surface area (Å²) in [5, 5.41) is 35.3. The SMILES string of the molecule is Cn1ccc(-c2cc(-c3nnc(Nc4ccc5[nH]ncc5c4Cl)s3)cc(CO)n2)n1. The number of nitrogens with zero attached hydrogens (tertiary/aromatic N) is 6. The number of H-pyrrole nitrogens is 1. The van der Waals surface area contributed by atoms with Crippen LogP contribution in [0.15, 0.2) is 42.7 Å². The number of aromatic nitrogens is 7. The van der Waals surface area contributed by atoms with Crippen LogP contribution in [0.4, 0.5) is 10.8 Å². The van der Waals surface area contributed by atoms with E-state index in [-0.39, 0.29) is 6.61 Å². The molecule has 0 unspecified atom stereocenters. The Bertz CT molecular complexity index is 1360. The first-order valence-electron chi connectivity index (χ1n) is 8.95. The normalized spacial score (nSPS) is 11.3. The highest BCUT2D eigenvalue weighted by molar-refractivity contribution is 7.18. The molecule has 0 bridgehead atoms. The maximum Gasteiger partial charge on any atom is 0.210 e. The summed E-state index contributed by atoms with van der Waals surface area (Å²) in [4.78, 5) is 4.46. The Kier molecular flexibility index (Phi) is 4.66. The predicted molar refractivity (Wildman–Crippen MR) is 116 cm³/mol. The first-order chi connectivity index (χ1) is 14.6. The number of benzene rings is 1. The minimum Gasteiger partial charge on any atom is -0.390 e. The molecule has 0 aliphatic heterocycles. The van der Waals surface area contributed by atoms with Gasteiger partial charge in [0.05, 0.1) is 40.4 Å². The first kappa shape index (κ1) is 18.7. The monoisotopic (exact) mass is 438 g/mol. The lowest BCUT2D eigenvalue weighted by molar-refractivity contribution is 0.277. The molecule has 5 aromatic rings. The molecule has 0 aliphatic rings. The average Bonchev–Trinajstić information content (AvgIpc) is 3.50. The fourth-order valence-corrected chi connectivity index (χ4v) is 4.06. The van der Waals surface area contributed by atoms with Crippen molar-refractivity contribution in [1.29, 1.82) is 0 Å². The van der Waals surface area contributed by atoms with Crippen molar-refractivity contribution in [2.75, 3.05) is 5.32 Å². The van der Waals surface area contributed by atoms with Gasteiger partial charge in [0.1, 0.15) is 10.7 Å². The zero-order valence-corrected chi connectivity index (χ0v) is 17.2. The molecule has 0 aliphatic carbocycles. The number of fused-ring (bicyclic) bond motifs is 1. The van der Waals surface area contributed by atoms with Gasteiger partial charge in [0.15, 0.2) is 0 Å². The highest BCUT2D eigenvalue weighted by atomic mass is 35.5. The Labute approximate surface area is 179 Å². The fraction of sp³-hybridized carbons (Fsp3) is 0.105. The van der Waals surface area contributed by atoms with Gasteiger partial charge in [0.25, 0.3) is 0 Å². The quantitative estimate of drug-likeness (QED) is 0.382. The lowest BCUT2D eigenvalue weighted by Crippen LogP contribution is -1.95. The van der Waals surface area contributed by atoms with Gasteiger partial charge in [0.2, 0.25) is 5.13 Å². The van der Waals surface area contributed by atoms with E-state index in [4.69, 9.17) is 11.6 Å². The van der Waals surface area contributed by atoms with Gasteiger partial charge < -0.3 is 10.4 Å². The Morgan fingerprint density at radius 1 is 1.20 bits per heavy atom. The van der Waals surface area contributed by atoms with Crippen molar-refractivity contribution in [2.45, 2.75) is 6.61 Å². The van der Waals surface area contributed by atoms with E-state index in [1.54, 1.807) is 16.9 Å². The van der Waals surface area contributed by atoms with E-state index >= 15 is 0 Å². The second kappa shape index (κ2) is 7.48. The van der Waals surface area contributed by atoms with Crippen molar-refractivity contribution in [3.05, 3.63) is 53.4 Å². The third-order valence-electron chi connectivity index (χ3n) is 4.49. The van der Waals surface area contributed by atoms with Crippen LogP contribution < -0.4 is 5.32 Å². The molecule has 4 aromatic heterocycles. The van der Waals surface area contributed by atoms with Crippen LogP contribution in [-0.4, -0.2) is 40.3 Å². The Morgan fingerprint density at radius 3 is 2.90 bits per heavy atom. The Balaban J connectivity index is 1.48. The molecule has 0 spiro atoms. The summed E-state index contributed by atoms with van der Waals surface area (Å²) >= 11 is 7.85. The van der Waals surface area contributed by atoms with Crippen molar-refractivity contribution in [3.8, 4) is 22.0 Å². The predicted octanol–water partition coefficient (Wildman–Crippen LogP) is 3.77. The number of pyridine rings is 1. The molecule has 11 heteroatoms. The van der Waals surface area contributed by atoms with Gasteiger partial charge in [-0.3, -0.25) is 9.78 Å². The van der Waals surface area contributed by atoms with Crippen LogP contribution in [0.1, 0.15) is 5.69 Å². The van der Waals surface area contributed by atoms with Gasteiger partial charge in [0, 0.05) is 24.2 Å². The molecule has 3 N–H and O–H groups in total. The summed E-state index contributed by atoms with van der Waals surface area (Å²) in [6, 6.07) is 9.30. The lowest BCUT2D eigenvalue weighted by atomic mass is 10.1. The minimum atomic E-state index is -0.183. The molecule has 150 valence electrons. The summed E-state index contributed by atoms with van der Waals surface area (Å²) in [6.07, 6.45) is 3.52. The molecule has 1 aromatic carbocycles. The van der Waals surface area contributed by atoms with Crippen molar-refractivity contribution in [1.82, 2.24) is 35.2 Å². The van der Waals surface area contributed by atoms with Crippen molar-refractivity contribution < 1.29 is 5.11 Å². The van der Waals surface area contributed by atoms with E-state index < -0.39 is 0 Å². The van der Waals surface area contributed by atoms with Crippen LogP contribution in [-0.2, 0) is 13.7 Å². The number of hydrogen-bond acceptors (Lipinski definition) is 8. The molecule has 30 heavy (non-hydrogen) atoms. The van der Waals surface area contributed by atoms with E-state index in [0.29, 0.717) is 32.2 Å². The summed E-state index contributed by atoms with van der Waals surface area (Å²) in [6.45, 7) is -0.183. The molecular formula is C19H15ClN8OS. The number of halogens is 1. The van der Waals surface area contributed by atoms with Gasteiger partial charge in [-0.2, -0.15) is 10.2 Å². The van der Waals surface area contributed by atoms with E-state index in [1.165, 1.54) is 11.3 Å². The molecule has 4 heterocycles. The summed E-state index contributed by atoms with van der Waals surface area (Å²) in [5.41, 5.74) is 4.29.